The van der Waals surface area contributed by atoms with E-state index in [9.17, 15) is 4.39 Å². The molecule has 0 aromatic heterocycles. The lowest BCUT2D eigenvalue weighted by Gasteiger charge is -2.07. The highest BCUT2D eigenvalue weighted by Gasteiger charge is 2.38. The Labute approximate surface area is 66.1 Å². The predicted molar refractivity (Wildman–Crippen MR) is 43.0 cm³/mol. The molecule has 0 spiro atoms. The number of hydrogen-bond donors (Lipinski definition) is 0. The van der Waals surface area contributed by atoms with Crippen molar-refractivity contribution in [3.05, 3.63) is 35.6 Å². The smallest absolute Gasteiger partial charge is 0.123 e. The predicted octanol–water partition coefficient (Wildman–Crippen LogP) is 2.88. The number of hydrogen-bond acceptors (Lipinski definition) is 0. The van der Waals surface area contributed by atoms with E-state index >= 15 is 0 Å². The van der Waals surface area contributed by atoms with Crippen LogP contribution in [0.15, 0.2) is 24.3 Å². The second-order valence-electron chi connectivity index (χ2n) is 3.57. The van der Waals surface area contributed by atoms with Crippen molar-refractivity contribution in [2.75, 3.05) is 0 Å². The third-order valence-electron chi connectivity index (χ3n) is 2.52. The van der Waals surface area contributed by atoms with Gasteiger partial charge in [0, 0.05) is 0 Å². The molecule has 0 N–H and O–H groups in total. The summed E-state index contributed by atoms with van der Waals surface area (Å²) in [6, 6.07) is 6.94. The maximum absolute atomic E-state index is 12.7. The molecule has 1 aliphatic carbocycles. The van der Waals surface area contributed by atoms with Crippen molar-refractivity contribution in [1.82, 2.24) is 0 Å². The molecule has 1 aromatic rings. The number of benzene rings is 1. The Kier molecular flexibility index (Phi) is 1.28. The van der Waals surface area contributed by atoms with E-state index in [1.807, 2.05) is 6.07 Å². The molecule has 0 saturated heterocycles. The van der Waals surface area contributed by atoms with Gasteiger partial charge in [0.25, 0.3) is 0 Å². The maximum Gasteiger partial charge on any atom is 0.123 e. The lowest BCUT2D eigenvalue weighted by molar-refractivity contribution is 0.620. The summed E-state index contributed by atoms with van der Waals surface area (Å²) in [5, 5.41) is 0. The Morgan fingerprint density at radius 3 is 2.64 bits per heavy atom. The summed E-state index contributed by atoms with van der Waals surface area (Å²) >= 11 is 0. The van der Waals surface area contributed by atoms with Crippen LogP contribution >= 0.6 is 0 Å². The highest BCUT2D eigenvalue weighted by atomic mass is 19.1. The summed E-state index contributed by atoms with van der Waals surface area (Å²) < 4.78 is 12.7. The van der Waals surface area contributed by atoms with Crippen LogP contribution in [0.5, 0.6) is 0 Å². The summed E-state index contributed by atoms with van der Waals surface area (Å²) in [6.07, 6.45) is 2.41. The van der Waals surface area contributed by atoms with E-state index < -0.39 is 0 Å². The van der Waals surface area contributed by atoms with Crippen molar-refractivity contribution in [2.24, 2.45) is 0 Å². The van der Waals surface area contributed by atoms with Crippen LogP contribution in [0.1, 0.15) is 25.3 Å². The molecule has 0 radical (unpaired) electrons. The van der Waals surface area contributed by atoms with Gasteiger partial charge in [0.2, 0.25) is 0 Å². The zero-order valence-electron chi connectivity index (χ0n) is 6.60. The number of halogens is 1. The first-order valence-corrected chi connectivity index (χ1v) is 3.97. The molecule has 0 unspecified atom stereocenters. The first kappa shape index (κ1) is 6.84. The highest BCUT2D eigenvalue weighted by Crippen LogP contribution is 2.47. The van der Waals surface area contributed by atoms with Gasteiger partial charge in [-0.05, 0) is 36.0 Å². The second-order valence-corrected chi connectivity index (χ2v) is 3.57. The largest absolute Gasteiger partial charge is 0.207 e. The van der Waals surface area contributed by atoms with E-state index in [1.54, 1.807) is 12.1 Å². The van der Waals surface area contributed by atoms with Crippen molar-refractivity contribution in [3.63, 3.8) is 0 Å². The average molecular weight is 150 g/mol. The molecule has 1 fully saturated rings. The molecule has 0 nitrogen and oxygen atoms in total. The SMILES string of the molecule is CC1(c2cccc(F)c2)CC1. The van der Waals surface area contributed by atoms with Gasteiger partial charge in [0.1, 0.15) is 5.82 Å². The lowest BCUT2D eigenvalue weighted by atomic mass is 9.99. The van der Waals surface area contributed by atoms with Gasteiger partial charge in [-0.1, -0.05) is 19.1 Å². The van der Waals surface area contributed by atoms with E-state index in [4.69, 9.17) is 0 Å². The van der Waals surface area contributed by atoms with Crippen molar-refractivity contribution >= 4 is 0 Å². The summed E-state index contributed by atoms with van der Waals surface area (Å²) in [4.78, 5) is 0. The van der Waals surface area contributed by atoms with Crippen LogP contribution in [0.3, 0.4) is 0 Å². The quantitative estimate of drug-likeness (QED) is 0.577. The van der Waals surface area contributed by atoms with E-state index in [1.165, 1.54) is 18.9 Å². The van der Waals surface area contributed by atoms with E-state index in [-0.39, 0.29) is 5.82 Å². The molecule has 0 bridgehead atoms. The van der Waals surface area contributed by atoms with Crippen molar-refractivity contribution in [1.29, 1.82) is 0 Å². The average Bonchev–Trinajstić information content (AvgIpc) is 2.70. The Balaban J connectivity index is 2.38. The molecular formula is C10H11F. The highest BCUT2D eigenvalue weighted by molar-refractivity contribution is 5.30. The van der Waals surface area contributed by atoms with Gasteiger partial charge in [-0.2, -0.15) is 0 Å². The summed E-state index contributed by atoms with van der Waals surface area (Å²) in [5.41, 5.74) is 1.44. The lowest BCUT2D eigenvalue weighted by Crippen LogP contribution is -1.99. The Bertz CT molecular complexity index is 274. The molecule has 58 valence electrons. The fraction of sp³-hybridized carbons (Fsp3) is 0.400. The molecule has 11 heavy (non-hydrogen) atoms. The minimum Gasteiger partial charge on any atom is -0.207 e. The topological polar surface area (TPSA) is 0 Å². The van der Waals surface area contributed by atoms with Crippen LogP contribution in [0, 0.1) is 5.82 Å². The molecule has 0 atom stereocenters. The van der Waals surface area contributed by atoms with Crippen LogP contribution in [0.4, 0.5) is 4.39 Å². The monoisotopic (exact) mass is 150 g/mol. The summed E-state index contributed by atoms with van der Waals surface area (Å²) in [5.74, 6) is -0.115. The fourth-order valence-corrected chi connectivity index (χ4v) is 1.34. The standard InChI is InChI=1S/C10H11F/c1-10(5-6-10)8-3-2-4-9(11)7-8/h2-4,7H,5-6H2,1H3. The van der Waals surface area contributed by atoms with Crippen LogP contribution in [0.25, 0.3) is 0 Å². The zero-order chi connectivity index (χ0) is 7.90. The van der Waals surface area contributed by atoms with E-state index in [0.717, 1.165) is 5.56 Å². The molecule has 1 saturated carbocycles. The van der Waals surface area contributed by atoms with E-state index in [0.29, 0.717) is 5.41 Å². The van der Waals surface area contributed by atoms with Gasteiger partial charge >= 0.3 is 0 Å². The third kappa shape index (κ3) is 1.15. The van der Waals surface area contributed by atoms with Gasteiger partial charge in [0.05, 0.1) is 0 Å². The van der Waals surface area contributed by atoms with Gasteiger partial charge in [-0.15, -0.1) is 0 Å². The first-order chi connectivity index (χ1) is 5.21. The Morgan fingerprint density at radius 1 is 1.36 bits per heavy atom. The molecule has 0 amide bonds. The molecular weight excluding hydrogens is 139 g/mol. The van der Waals surface area contributed by atoms with E-state index in [2.05, 4.69) is 6.92 Å². The first-order valence-electron chi connectivity index (χ1n) is 3.97. The fourth-order valence-electron chi connectivity index (χ4n) is 1.34. The Morgan fingerprint density at radius 2 is 2.09 bits per heavy atom. The van der Waals surface area contributed by atoms with Crippen LogP contribution in [-0.2, 0) is 5.41 Å². The molecule has 1 aromatic carbocycles. The van der Waals surface area contributed by atoms with Gasteiger partial charge in [-0.25, -0.2) is 4.39 Å². The van der Waals surface area contributed by atoms with Crippen molar-refractivity contribution in [2.45, 2.75) is 25.2 Å². The van der Waals surface area contributed by atoms with Crippen molar-refractivity contribution in [3.8, 4) is 0 Å². The minimum atomic E-state index is -0.115. The molecule has 1 aliphatic rings. The third-order valence-corrected chi connectivity index (χ3v) is 2.52. The van der Waals surface area contributed by atoms with Crippen molar-refractivity contribution < 1.29 is 4.39 Å². The summed E-state index contributed by atoms with van der Waals surface area (Å²) in [7, 11) is 0. The second kappa shape index (κ2) is 2.07. The molecule has 1 heteroatoms. The van der Waals surface area contributed by atoms with Crippen LogP contribution in [-0.4, -0.2) is 0 Å². The number of rotatable bonds is 1. The van der Waals surface area contributed by atoms with Crippen LogP contribution < -0.4 is 0 Å². The van der Waals surface area contributed by atoms with Gasteiger partial charge in [0.15, 0.2) is 0 Å². The van der Waals surface area contributed by atoms with Gasteiger partial charge < -0.3 is 0 Å². The van der Waals surface area contributed by atoms with Crippen LogP contribution in [0.2, 0.25) is 0 Å². The molecule has 2 rings (SSSR count). The molecule has 0 aliphatic heterocycles. The Hall–Kier alpha value is -0.850. The van der Waals surface area contributed by atoms with Gasteiger partial charge in [-0.3, -0.25) is 0 Å². The minimum absolute atomic E-state index is 0.115. The molecule has 0 heterocycles. The summed E-state index contributed by atoms with van der Waals surface area (Å²) in [6.45, 7) is 2.18. The normalized spacial score (nSPS) is 19.8. The maximum atomic E-state index is 12.7. The zero-order valence-corrected chi connectivity index (χ0v) is 6.60.